The molecule has 0 bridgehead atoms. The van der Waals surface area contributed by atoms with Crippen molar-refractivity contribution in [3.8, 4) is 17.0 Å². The number of anilines is 3. The Morgan fingerprint density at radius 3 is 2.79 bits per heavy atom. The maximum Gasteiger partial charge on any atom is 0.225 e. The van der Waals surface area contributed by atoms with Crippen LogP contribution in [0.25, 0.3) is 11.3 Å². The number of aromatic nitrogens is 3. The van der Waals surface area contributed by atoms with Crippen molar-refractivity contribution >= 4 is 29.1 Å². The average molecular weight is 342 g/mol. The molecule has 6 nitrogen and oxygen atoms in total. The Hall–Kier alpha value is -2.86. The second kappa shape index (κ2) is 7.14. The lowest BCUT2D eigenvalue weighted by Gasteiger charge is -2.12. The zero-order chi connectivity index (χ0) is 16.9. The van der Waals surface area contributed by atoms with Crippen molar-refractivity contribution in [2.75, 3.05) is 17.2 Å². The zero-order valence-electron chi connectivity index (χ0n) is 13.0. The highest BCUT2D eigenvalue weighted by molar-refractivity contribution is 6.30. The summed E-state index contributed by atoms with van der Waals surface area (Å²) in [6, 6.07) is 10.3. The number of rotatable bonds is 5. The van der Waals surface area contributed by atoms with Crippen LogP contribution in [0.3, 0.4) is 0 Å². The Labute approximate surface area is 144 Å². The number of hydrogen-bond donors (Lipinski definition) is 3. The fourth-order valence-electron chi connectivity index (χ4n) is 2.16. The normalized spacial score (nSPS) is 10.4. The number of benzene rings is 1. The number of halogens is 1. The Morgan fingerprint density at radius 2 is 2.04 bits per heavy atom. The SMILES string of the molecule is CCNc1nc(Nc2cc(Cl)ccc2O)cc(-c2cccnc2)n1. The van der Waals surface area contributed by atoms with Crippen molar-refractivity contribution in [2.24, 2.45) is 0 Å². The van der Waals surface area contributed by atoms with E-state index < -0.39 is 0 Å². The molecular weight excluding hydrogens is 326 g/mol. The first kappa shape index (κ1) is 16.0. The Balaban J connectivity index is 2.00. The summed E-state index contributed by atoms with van der Waals surface area (Å²) in [5, 5.41) is 16.7. The number of phenols is 1. The molecular formula is C17H16ClN5O. The molecule has 2 heterocycles. The van der Waals surface area contributed by atoms with E-state index in [1.807, 2.05) is 19.1 Å². The molecule has 0 saturated carbocycles. The molecule has 122 valence electrons. The summed E-state index contributed by atoms with van der Waals surface area (Å²) in [7, 11) is 0. The van der Waals surface area contributed by atoms with Gasteiger partial charge in [0.25, 0.3) is 0 Å². The third kappa shape index (κ3) is 3.72. The minimum absolute atomic E-state index is 0.0888. The van der Waals surface area contributed by atoms with Gasteiger partial charge < -0.3 is 15.7 Å². The van der Waals surface area contributed by atoms with Gasteiger partial charge in [-0.1, -0.05) is 11.6 Å². The van der Waals surface area contributed by atoms with E-state index in [2.05, 4.69) is 25.6 Å². The molecule has 24 heavy (non-hydrogen) atoms. The Morgan fingerprint density at radius 1 is 1.17 bits per heavy atom. The monoisotopic (exact) mass is 341 g/mol. The highest BCUT2D eigenvalue weighted by atomic mass is 35.5. The van der Waals surface area contributed by atoms with Crippen LogP contribution in [0.15, 0.2) is 48.8 Å². The maximum atomic E-state index is 9.97. The van der Waals surface area contributed by atoms with Crippen LogP contribution < -0.4 is 10.6 Å². The molecule has 0 radical (unpaired) electrons. The summed E-state index contributed by atoms with van der Waals surface area (Å²) in [6.45, 7) is 2.66. The average Bonchev–Trinajstić information content (AvgIpc) is 2.59. The van der Waals surface area contributed by atoms with E-state index in [-0.39, 0.29) is 5.75 Å². The summed E-state index contributed by atoms with van der Waals surface area (Å²) in [5.41, 5.74) is 2.07. The van der Waals surface area contributed by atoms with Gasteiger partial charge in [-0.3, -0.25) is 4.98 Å². The Kier molecular flexibility index (Phi) is 4.77. The number of nitrogens with one attached hydrogen (secondary N) is 2. The first-order valence-corrected chi connectivity index (χ1v) is 7.82. The Bertz CT molecular complexity index is 842. The van der Waals surface area contributed by atoms with Crippen molar-refractivity contribution in [2.45, 2.75) is 6.92 Å². The van der Waals surface area contributed by atoms with Gasteiger partial charge in [-0.05, 0) is 37.3 Å². The van der Waals surface area contributed by atoms with Crippen molar-refractivity contribution in [3.05, 3.63) is 53.8 Å². The van der Waals surface area contributed by atoms with E-state index in [0.717, 1.165) is 11.3 Å². The zero-order valence-corrected chi connectivity index (χ0v) is 13.7. The minimum atomic E-state index is 0.0888. The fraction of sp³-hybridized carbons (Fsp3) is 0.118. The lowest BCUT2D eigenvalue weighted by Crippen LogP contribution is -2.05. The van der Waals surface area contributed by atoms with Crippen LogP contribution in [0.4, 0.5) is 17.5 Å². The largest absolute Gasteiger partial charge is 0.506 e. The standard InChI is InChI=1S/C17H16ClN5O/c1-2-20-17-22-13(11-4-3-7-19-10-11)9-16(23-17)21-14-8-12(18)5-6-15(14)24/h3-10,24H,2H2,1H3,(H2,20,21,22,23). The third-order valence-corrected chi connectivity index (χ3v) is 3.47. The number of aromatic hydroxyl groups is 1. The summed E-state index contributed by atoms with van der Waals surface area (Å²) in [4.78, 5) is 13.0. The molecule has 0 aliphatic carbocycles. The molecule has 0 aliphatic rings. The third-order valence-electron chi connectivity index (χ3n) is 3.24. The van der Waals surface area contributed by atoms with Crippen molar-refractivity contribution in [1.82, 2.24) is 15.0 Å². The number of phenolic OH excluding ortho intramolecular Hbond substituents is 1. The molecule has 0 fully saturated rings. The molecule has 7 heteroatoms. The van der Waals surface area contributed by atoms with Gasteiger partial charge in [0.15, 0.2) is 0 Å². The smallest absolute Gasteiger partial charge is 0.225 e. The molecule has 0 atom stereocenters. The van der Waals surface area contributed by atoms with Crippen LogP contribution in [0.5, 0.6) is 5.75 Å². The van der Waals surface area contributed by atoms with E-state index in [0.29, 0.717) is 29.0 Å². The van der Waals surface area contributed by atoms with Crippen molar-refractivity contribution < 1.29 is 5.11 Å². The lowest BCUT2D eigenvalue weighted by molar-refractivity contribution is 0.477. The van der Waals surface area contributed by atoms with Crippen LogP contribution in [0.2, 0.25) is 5.02 Å². The molecule has 3 rings (SSSR count). The molecule has 2 aromatic heterocycles. The quantitative estimate of drug-likeness (QED) is 0.607. The summed E-state index contributed by atoms with van der Waals surface area (Å²) in [6.07, 6.45) is 3.44. The van der Waals surface area contributed by atoms with E-state index >= 15 is 0 Å². The van der Waals surface area contributed by atoms with Gasteiger partial charge in [0.05, 0.1) is 11.4 Å². The molecule has 0 saturated heterocycles. The first-order chi connectivity index (χ1) is 11.7. The fourth-order valence-corrected chi connectivity index (χ4v) is 2.33. The molecule has 3 aromatic rings. The van der Waals surface area contributed by atoms with E-state index in [1.165, 1.54) is 6.07 Å². The second-order valence-corrected chi connectivity index (χ2v) is 5.46. The van der Waals surface area contributed by atoms with E-state index in [4.69, 9.17) is 11.6 Å². The van der Waals surface area contributed by atoms with E-state index in [9.17, 15) is 5.11 Å². The van der Waals surface area contributed by atoms with E-state index in [1.54, 1.807) is 30.6 Å². The summed E-state index contributed by atoms with van der Waals surface area (Å²) >= 11 is 5.99. The van der Waals surface area contributed by atoms with Crippen LogP contribution in [0, 0.1) is 0 Å². The predicted molar refractivity (Wildman–Crippen MR) is 95.8 cm³/mol. The van der Waals surface area contributed by atoms with Gasteiger partial charge in [-0.2, -0.15) is 4.98 Å². The van der Waals surface area contributed by atoms with Crippen LogP contribution in [-0.4, -0.2) is 26.6 Å². The molecule has 0 spiro atoms. The maximum absolute atomic E-state index is 9.97. The summed E-state index contributed by atoms with van der Waals surface area (Å²) in [5.74, 6) is 1.12. The summed E-state index contributed by atoms with van der Waals surface area (Å²) < 4.78 is 0. The first-order valence-electron chi connectivity index (χ1n) is 7.44. The molecule has 1 aromatic carbocycles. The van der Waals surface area contributed by atoms with Gasteiger partial charge in [-0.15, -0.1) is 0 Å². The topological polar surface area (TPSA) is 83.0 Å². The highest BCUT2D eigenvalue weighted by Gasteiger charge is 2.09. The second-order valence-electron chi connectivity index (χ2n) is 5.02. The predicted octanol–water partition coefficient (Wildman–Crippen LogP) is 4.07. The van der Waals surface area contributed by atoms with Gasteiger partial charge >= 0.3 is 0 Å². The van der Waals surface area contributed by atoms with Crippen molar-refractivity contribution in [1.29, 1.82) is 0 Å². The lowest BCUT2D eigenvalue weighted by atomic mass is 10.2. The van der Waals surface area contributed by atoms with Gasteiger partial charge in [-0.25, -0.2) is 4.98 Å². The molecule has 3 N–H and O–H groups in total. The minimum Gasteiger partial charge on any atom is -0.506 e. The number of hydrogen-bond acceptors (Lipinski definition) is 6. The number of pyridine rings is 1. The van der Waals surface area contributed by atoms with Gasteiger partial charge in [0, 0.05) is 35.6 Å². The molecule has 0 unspecified atom stereocenters. The highest BCUT2D eigenvalue weighted by Crippen LogP contribution is 2.30. The van der Waals surface area contributed by atoms with Crippen LogP contribution >= 0.6 is 11.6 Å². The van der Waals surface area contributed by atoms with Gasteiger partial charge in [0.2, 0.25) is 5.95 Å². The molecule has 0 amide bonds. The van der Waals surface area contributed by atoms with Gasteiger partial charge in [0.1, 0.15) is 11.6 Å². The number of nitrogens with zero attached hydrogens (tertiary/aromatic N) is 3. The molecule has 0 aliphatic heterocycles. The van der Waals surface area contributed by atoms with Crippen LogP contribution in [-0.2, 0) is 0 Å². The van der Waals surface area contributed by atoms with Crippen LogP contribution in [0.1, 0.15) is 6.92 Å². The van der Waals surface area contributed by atoms with Crippen molar-refractivity contribution in [3.63, 3.8) is 0 Å².